The van der Waals surface area contributed by atoms with E-state index >= 15 is 0 Å². The molecule has 0 aromatic heterocycles. The molecule has 0 spiro atoms. The lowest BCUT2D eigenvalue weighted by atomic mass is 9.95. The Morgan fingerprint density at radius 1 is 1.07 bits per heavy atom. The predicted molar refractivity (Wildman–Crippen MR) is 112 cm³/mol. The molecule has 30 heavy (non-hydrogen) atoms. The number of Topliss-reactive ketones (excluding diaryl/α,β-unsaturated/α-hetero) is 1. The Kier molecular flexibility index (Phi) is 4.89. The van der Waals surface area contributed by atoms with Crippen molar-refractivity contribution in [2.75, 3.05) is 16.8 Å². The number of nitrogens with zero attached hydrogens (tertiary/aromatic N) is 2. The number of fused-ring (bicyclic) bond motifs is 3. The summed E-state index contributed by atoms with van der Waals surface area (Å²) >= 11 is 0. The molecule has 4 rings (SSSR count). The zero-order valence-corrected chi connectivity index (χ0v) is 17.0. The highest BCUT2D eigenvalue weighted by Gasteiger charge is 2.60. The molecule has 0 aliphatic carbocycles. The van der Waals surface area contributed by atoms with Gasteiger partial charge in [-0.15, -0.1) is 0 Å². The Morgan fingerprint density at radius 2 is 1.77 bits per heavy atom. The largest absolute Gasteiger partial charge is 0.322 e. The van der Waals surface area contributed by atoms with Crippen LogP contribution in [0.5, 0.6) is 0 Å². The molecule has 1 unspecified atom stereocenters. The molecule has 2 heterocycles. The van der Waals surface area contributed by atoms with Crippen molar-refractivity contribution >= 4 is 34.9 Å². The van der Waals surface area contributed by atoms with Crippen LogP contribution < -0.4 is 10.2 Å². The van der Waals surface area contributed by atoms with E-state index in [1.54, 1.807) is 48.5 Å². The molecule has 7 heteroatoms. The second kappa shape index (κ2) is 7.40. The van der Waals surface area contributed by atoms with E-state index in [0.29, 0.717) is 35.5 Å². The molecule has 3 amide bonds. The molecule has 1 saturated heterocycles. The molecule has 1 fully saturated rings. The summed E-state index contributed by atoms with van der Waals surface area (Å²) in [7, 11) is 0. The first-order valence-corrected chi connectivity index (χ1v) is 10.1. The minimum Gasteiger partial charge on any atom is -0.322 e. The molecule has 0 bridgehead atoms. The van der Waals surface area contributed by atoms with Crippen LogP contribution in [0.3, 0.4) is 0 Å². The summed E-state index contributed by atoms with van der Waals surface area (Å²) in [5.41, 5.74) is 0.534. The monoisotopic (exact) mass is 405 g/mol. The maximum atomic E-state index is 13.6. The van der Waals surface area contributed by atoms with E-state index in [1.807, 2.05) is 6.92 Å². The highest BCUT2D eigenvalue weighted by Crippen LogP contribution is 2.45. The van der Waals surface area contributed by atoms with Crippen LogP contribution in [0.25, 0.3) is 0 Å². The third-order valence-electron chi connectivity index (χ3n) is 5.73. The molecule has 0 saturated carbocycles. The van der Waals surface area contributed by atoms with E-state index in [2.05, 4.69) is 5.32 Å². The Hall–Kier alpha value is -3.48. The number of ketones is 1. The zero-order chi connectivity index (χ0) is 21.5. The predicted octanol–water partition coefficient (Wildman–Crippen LogP) is 3.22. The maximum Gasteiger partial charge on any atom is 0.271 e. The van der Waals surface area contributed by atoms with E-state index in [-0.39, 0.29) is 30.4 Å². The molecule has 2 aliphatic heterocycles. The van der Waals surface area contributed by atoms with E-state index in [9.17, 15) is 19.2 Å². The van der Waals surface area contributed by atoms with Gasteiger partial charge < -0.3 is 10.2 Å². The van der Waals surface area contributed by atoms with Crippen molar-refractivity contribution in [1.29, 1.82) is 0 Å². The number of carbonyl (C=O) groups excluding carboxylic acids is 4. The average Bonchev–Trinajstić information content (AvgIpc) is 3.10. The Bertz CT molecular complexity index is 1050. The van der Waals surface area contributed by atoms with Gasteiger partial charge in [-0.2, -0.15) is 0 Å². The second-order valence-electron chi connectivity index (χ2n) is 7.61. The van der Waals surface area contributed by atoms with Crippen molar-refractivity contribution in [1.82, 2.24) is 4.90 Å². The van der Waals surface area contributed by atoms with Crippen LogP contribution in [0.4, 0.5) is 11.4 Å². The van der Waals surface area contributed by atoms with Crippen LogP contribution >= 0.6 is 0 Å². The molecule has 2 aliphatic rings. The number of hydrogen-bond donors (Lipinski definition) is 1. The van der Waals surface area contributed by atoms with Crippen LogP contribution in [0.15, 0.2) is 48.5 Å². The molecule has 2 aromatic carbocycles. The fourth-order valence-corrected chi connectivity index (χ4v) is 4.33. The van der Waals surface area contributed by atoms with Crippen molar-refractivity contribution in [3.63, 3.8) is 0 Å². The summed E-state index contributed by atoms with van der Waals surface area (Å²) in [6.45, 7) is 3.76. The fourth-order valence-electron chi connectivity index (χ4n) is 4.33. The fraction of sp³-hybridized carbons (Fsp3) is 0.304. The van der Waals surface area contributed by atoms with E-state index in [1.165, 1.54) is 16.7 Å². The second-order valence-corrected chi connectivity index (χ2v) is 7.61. The van der Waals surface area contributed by atoms with Gasteiger partial charge in [-0.3, -0.25) is 24.1 Å². The average molecular weight is 405 g/mol. The molecular weight excluding hydrogens is 382 g/mol. The summed E-state index contributed by atoms with van der Waals surface area (Å²) in [5, 5.41) is 2.86. The smallest absolute Gasteiger partial charge is 0.271 e. The summed E-state index contributed by atoms with van der Waals surface area (Å²) < 4.78 is 0. The van der Waals surface area contributed by atoms with Crippen LogP contribution in [0.2, 0.25) is 0 Å². The highest BCUT2D eigenvalue weighted by atomic mass is 16.2. The van der Waals surface area contributed by atoms with Crippen molar-refractivity contribution in [3.8, 4) is 0 Å². The number of hydrogen-bond acceptors (Lipinski definition) is 4. The first-order valence-electron chi connectivity index (χ1n) is 10.1. The van der Waals surface area contributed by atoms with E-state index in [4.69, 9.17) is 0 Å². The van der Waals surface area contributed by atoms with E-state index < -0.39 is 11.6 Å². The minimum atomic E-state index is -1.40. The van der Waals surface area contributed by atoms with Gasteiger partial charge in [-0.25, -0.2) is 0 Å². The van der Waals surface area contributed by atoms with Gasteiger partial charge >= 0.3 is 0 Å². The Balaban J connectivity index is 1.78. The topological polar surface area (TPSA) is 86.8 Å². The number of para-hydroxylation sites is 1. The molecule has 154 valence electrons. The van der Waals surface area contributed by atoms with Crippen LogP contribution in [0.1, 0.15) is 53.8 Å². The van der Waals surface area contributed by atoms with Gasteiger partial charge in [-0.05, 0) is 49.7 Å². The summed E-state index contributed by atoms with van der Waals surface area (Å²) in [4.78, 5) is 54.3. The molecular formula is C23H23N3O4. The van der Waals surface area contributed by atoms with Crippen molar-refractivity contribution in [2.45, 2.75) is 38.8 Å². The first kappa shape index (κ1) is 19.8. The first-order chi connectivity index (χ1) is 14.4. The number of amides is 3. The maximum absolute atomic E-state index is 13.6. The van der Waals surface area contributed by atoms with Crippen LogP contribution in [-0.2, 0) is 9.59 Å². The standard InChI is InChI=1S/C23H23N3O4/c1-3-14-25-21(29)18-6-4-5-7-19(18)26-20(28)12-13-23(25,26)22(30)24-17-10-8-16(9-11-17)15(2)27/h4-11H,3,12-14H2,1-2H3,(H,24,30). The Morgan fingerprint density at radius 3 is 2.43 bits per heavy atom. The van der Waals surface area contributed by atoms with Crippen molar-refractivity contribution in [3.05, 3.63) is 59.7 Å². The number of carbonyl (C=O) groups is 4. The molecule has 0 radical (unpaired) electrons. The lowest BCUT2D eigenvalue weighted by Crippen LogP contribution is -2.69. The number of anilines is 2. The molecule has 1 N–H and O–H groups in total. The van der Waals surface area contributed by atoms with Gasteiger partial charge in [0.1, 0.15) is 0 Å². The minimum absolute atomic E-state index is 0.0670. The van der Waals surface area contributed by atoms with E-state index in [0.717, 1.165) is 0 Å². The van der Waals surface area contributed by atoms with Gasteiger partial charge in [0, 0.05) is 30.6 Å². The molecule has 2 aromatic rings. The molecule has 7 nitrogen and oxygen atoms in total. The summed E-state index contributed by atoms with van der Waals surface area (Å²) in [6, 6.07) is 13.5. The number of rotatable bonds is 5. The number of benzene rings is 2. The van der Waals surface area contributed by atoms with Gasteiger partial charge in [-0.1, -0.05) is 19.1 Å². The van der Waals surface area contributed by atoms with Crippen LogP contribution in [0, 0.1) is 0 Å². The van der Waals surface area contributed by atoms with Gasteiger partial charge in [0.15, 0.2) is 5.78 Å². The Labute approximate surface area is 174 Å². The zero-order valence-electron chi connectivity index (χ0n) is 17.0. The van der Waals surface area contributed by atoms with Gasteiger partial charge in [0.2, 0.25) is 11.6 Å². The lowest BCUT2D eigenvalue weighted by Gasteiger charge is -2.49. The third-order valence-corrected chi connectivity index (χ3v) is 5.73. The normalized spacial score (nSPS) is 20.1. The SMILES string of the molecule is CCCN1C(=O)c2ccccc2N2C(=O)CCC12C(=O)Nc1ccc(C(C)=O)cc1. The van der Waals surface area contributed by atoms with Crippen LogP contribution in [-0.4, -0.2) is 40.6 Å². The van der Waals surface area contributed by atoms with Gasteiger partial charge in [0.05, 0.1) is 11.3 Å². The van der Waals surface area contributed by atoms with Crippen molar-refractivity contribution in [2.24, 2.45) is 0 Å². The highest BCUT2D eigenvalue weighted by molar-refractivity contribution is 6.18. The third kappa shape index (κ3) is 2.89. The quantitative estimate of drug-likeness (QED) is 0.774. The number of nitrogens with one attached hydrogen (secondary N) is 1. The summed E-state index contributed by atoms with van der Waals surface area (Å²) in [6.07, 6.45) is 1.06. The lowest BCUT2D eigenvalue weighted by molar-refractivity contribution is -0.128. The summed E-state index contributed by atoms with van der Waals surface area (Å²) in [5.74, 6) is -0.929. The molecule has 1 atom stereocenters. The van der Waals surface area contributed by atoms with Gasteiger partial charge in [0.25, 0.3) is 11.8 Å². The van der Waals surface area contributed by atoms with Crippen molar-refractivity contribution < 1.29 is 19.2 Å².